The third kappa shape index (κ3) is 3.00. The van der Waals surface area contributed by atoms with E-state index in [1.54, 1.807) is 11.3 Å². The fourth-order valence-electron chi connectivity index (χ4n) is 1.55. The molecule has 0 saturated heterocycles. The summed E-state index contributed by atoms with van der Waals surface area (Å²) in [5.74, 6) is 0.682. The van der Waals surface area contributed by atoms with Gasteiger partial charge in [-0.25, -0.2) is 0 Å². The van der Waals surface area contributed by atoms with Gasteiger partial charge in [0, 0.05) is 11.4 Å². The Labute approximate surface area is 110 Å². The monoisotopic (exact) mass is 267 g/mol. The van der Waals surface area contributed by atoms with Crippen LogP contribution in [0.1, 0.15) is 16.5 Å². The van der Waals surface area contributed by atoms with Crippen molar-refractivity contribution >= 4 is 22.9 Å². The van der Waals surface area contributed by atoms with Crippen LogP contribution in [-0.2, 0) is 0 Å². The zero-order valence-corrected chi connectivity index (χ0v) is 11.1. The number of hydrogen-bond acceptors (Lipinski definition) is 3. The van der Waals surface area contributed by atoms with Gasteiger partial charge in [0.1, 0.15) is 11.9 Å². The third-order valence-electron chi connectivity index (χ3n) is 2.43. The minimum atomic E-state index is -0.129. The van der Waals surface area contributed by atoms with E-state index in [9.17, 15) is 0 Å². The summed E-state index contributed by atoms with van der Waals surface area (Å²) < 4.78 is 5.85. The van der Waals surface area contributed by atoms with E-state index >= 15 is 0 Å². The second-order valence-corrected chi connectivity index (χ2v) is 5.18. The molecule has 1 aromatic heterocycles. The highest BCUT2D eigenvalue weighted by Gasteiger charge is 2.14. The summed E-state index contributed by atoms with van der Waals surface area (Å²) in [6.07, 6.45) is -0.129. The molecule has 0 spiro atoms. The summed E-state index contributed by atoms with van der Waals surface area (Å²) in [5.41, 5.74) is 6.84. The fourth-order valence-corrected chi connectivity index (χ4v) is 2.60. The zero-order valence-electron chi connectivity index (χ0n) is 9.52. The first kappa shape index (κ1) is 12.4. The van der Waals surface area contributed by atoms with Gasteiger partial charge in [-0.1, -0.05) is 23.7 Å². The number of aryl methyl sites for hydroxylation is 1. The van der Waals surface area contributed by atoms with Gasteiger partial charge in [-0.3, -0.25) is 0 Å². The molecular formula is C13H14ClNOS. The molecule has 1 unspecified atom stereocenters. The molecule has 90 valence electrons. The van der Waals surface area contributed by atoms with Crippen molar-refractivity contribution in [1.82, 2.24) is 0 Å². The molecule has 0 amide bonds. The van der Waals surface area contributed by atoms with E-state index in [-0.39, 0.29) is 6.10 Å². The number of rotatable bonds is 4. The Bertz CT molecular complexity index is 484. The molecule has 1 aromatic carbocycles. The lowest BCUT2D eigenvalue weighted by Gasteiger charge is -2.17. The Hall–Kier alpha value is -1.03. The van der Waals surface area contributed by atoms with Crippen LogP contribution < -0.4 is 10.5 Å². The molecule has 2 rings (SSSR count). The van der Waals surface area contributed by atoms with Crippen molar-refractivity contribution in [1.29, 1.82) is 0 Å². The molecule has 0 aliphatic rings. The van der Waals surface area contributed by atoms with Crippen LogP contribution in [0.2, 0.25) is 5.02 Å². The molecule has 2 aromatic rings. The van der Waals surface area contributed by atoms with Gasteiger partial charge in [-0.05, 0) is 36.1 Å². The summed E-state index contributed by atoms with van der Waals surface area (Å²) in [6.45, 7) is 2.43. The summed E-state index contributed by atoms with van der Waals surface area (Å²) in [7, 11) is 0. The molecule has 1 heterocycles. The second-order valence-electron chi connectivity index (χ2n) is 3.79. The van der Waals surface area contributed by atoms with Gasteiger partial charge in [0.05, 0.1) is 5.02 Å². The molecule has 2 nitrogen and oxygen atoms in total. The first-order chi connectivity index (χ1) is 8.20. The number of benzene rings is 1. The van der Waals surface area contributed by atoms with Crippen molar-refractivity contribution in [3.05, 3.63) is 51.2 Å². The smallest absolute Gasteiger partial charge is 0.145 e. The van der Waals surface area contributed by atoms with Gasteiger partial charge in [-0.15, -0.1) is 11.3 Å². The number of nitrogens with two attached hydrogens (primary N) is 1. The normalized spacial score (nSPS) is 12.4. The van der Waals surface area contributed by atoms with E-state index in [2.05, 4.69) is 0 Å². The minimum absolute atomic E-state index is 0.129. The van der Waals surface area contributed by atoms with E-state index in [1.165, 1.54) is 0 Å². The lowest BCUT2D eigenvalue weighted by molar-refractivity contribution is 0.218. The molecule has 4 heteroatoms. The van der Waals surface area contributed by atoms with E-state index in [0.717, 1.165) is 10.4 Å². The van der Waals surface area contributed by atoms with Crippen LogP contribution >= 0.6 is 22.9 Å². The second kappa shape index (κ2) is 5.54. The Morgan fingerprint density at radius 1 is 1.41 bits per heavy atom. The molecule has 0 aliphatic carbocycles. The largest absolute Gasteiger partial charge is 0.482 e. The highest BCUT2D eigenvalue weighted by Crippen LogP contribution is 2.30. The summed E-state index contributed by atoms with van der Waals surface area (Å²) in [5, 5.41) is 2.64. The molecule has 0 radical (unpaired) electrons. The van der Waals surface area contributed by atoms with E-state index in [1.807, 2.05) is 42.6 Å². The van der Waals surface area contributed by atoms with E-state index in [0.29, 0.717) is 17.3 Å². The van der Waals surface area contributed by atoms with Crippen molar-refractivity contribution in [3.63, 3.8) is 0 Å². The maximum absolute atomic E-state index is 6.13. The lowest BCUT2D eigenvalue weighted by atomic mass is 10.2. The molecule has 0 bridgehead atoms. The van der Waals surface area contributed by atoms with Gasteiger partial charge < -0.3 is 10.5 Å². The molecule has 2 N–H and O–H groups in total. The number of hydrogen-bond donors (Lipinski definition) is 1. The maximum atomic E-state index is 6.13. The molecule has 1 atom stereocenters. The number of halogens is 1. The highest BCUT2D eigenvalue weighted by molar-refractivity contribution is 7.10. The molecular weight excluding hydrogens is 254 g/mol. The van der Waals surface area contributed by atoms with Crippen molar-refractivity contribution in [2.75, 3.05) is 6.54 Å². The average Bonchev–Trinajstić information content (AvgIpc) is 2.81. The first-order valence-electron chi connectivity index (χ1n) is 5.37. The topological polar surface area (TPSA) is 35.2 Å². The van der Waals surface area contributed by atoms with Crippen molar-refractivity contribution < 1.29 is 4.74 Å². The molecule has 0 fully saturated rings. The fraction of sp³-hybridized carbons (Fsp3) is 0.231. The van der Waals surface area contributed by atoms with E-state index < -0.39 is 0 Å². The summed E-state index contributed by atoms with van der Waals surface area (Å²) in [6, 6.07) is 9.75. The van der Waals surface area contributed by atoms with Crippen LogP contribution in [-0.4, -0.2) is 6.54 Å². The maximum Gasteiger partial charge on any atom is 0.145 e. The molecule has 17 heavy (non-hydrogen) atoms. The van der Waals surface area contributed by atoms with Crippen molar-refractivity contribution in [2.45, 2.75) is 13.0 Å². The highest BCUT2D eigenvalue weighted by atomic mass is 35.5. The van der Waals surface area contributed by atoms with Crippen LogP contribution in [0.4, 0.5) is 0 Å². The van der Waals surface area contributed by atoms with Gasteiger partial charge in [0.2, 0.25) is 0 Å². The van der Waals surface area contributed by atoms with Crippen LogP contribution in [0.25, 0.3) is 0 Å². The lowest BCUT2D eigenvalue weighted by Crippen LogP contribution is -2.17. The molecule has 0 saturated carbocycles. The Morgan fingerprint density at radius 2 is 2.24 bits per heavy atom. The van der Waals surface area contributed by atoms with E-state index in [4.69, 9.17) is 22.1 Å². The quantitative estimate of drug-likeness (QED) is 0.915. The van der Waals surface area contributed by atoms with Crippen LogP contribution in [0, 0.1) is 6.92 Å². The average molecular weight is 268 g/mol. The summed E-state index contributed by atoms with van der Waals surface area (Å²) >= 11 is 7.77. The predicted molar refractivity (Wildman–Crippen MR) is 72.9 cm³/mol. The third-order valence-corrected chi connectivity index (χ3v) is 3.69. The number of thiophene rings is 1. The Balaban J connectivity index is 2.19. The summed E-state index contributed by atoms with van der Waals surface area (Å²) in [4.78, 5) is 1.11. The van der Waals surface area contributed by atoms with Crippen LogP contribution in [0.5, 0.6) is 5.75 Å². The van der Waals surface area contributed by atoms with Crippen LogP contribution in [0.3, 0.4) is 0 Å². The van der Waals surface area contributed by atoms with Gasteiger partial charge in [0.15, 0.2) is 0 Å². The van der Waals surface area contributed by atoms with Crippen molar-refractivity contribution in [3.8, 4) is 5.75 Å². The minimum Gasteiger partial charge on any atom is -0.482 e. The Morgan fingerprint density at radius 3 is 2.82 bits per heavy atom. The SMILES string of the molecule is Cc1ccc(OC(CN)c2cccs2)c(Cl)c1. The zero-order chi connectivity index (χ0) is 12.3. The number of ether oxygens (including phenoxy) is 1. The van der Waals surface area contributed by atoms with Gasteiger partial charge in [0.25, 0.3) is 0 Å². The van der Waals surface area contributed by atoms with Gasteiger partial charge >= 0.3 is 0 Å². The molecule has 0 aliphatic heterocycles. The van der Waals surface area contributed by atoms with Crippen molar-refractivity contribution in [2.24, 2.45) is 5.73 Å². The standard InChI is InChI=1S/C13H14ClNOS/c1-9-4-5-11(10(14)7-9)16-12(8-15)13-3-2-6-17-13/h2-7,12H,8,15H2,1H3. The van der Waals surface area contributed by atoms with Gasteiger partial charge in [-0.2, -0.15) is 0 Å². The van der Waals surface area contributed by atoms with Crippen LogP contribution in [0.15, 0.2) is 35.7 Å². The first-order valence-corrected chi connectivity index (χ1v) is 6.62. The predicted octanol–water partition coefficient (Wildman–Crippen LogP) is 3.79. The Kier molecular flexibility index (Phi) is 4.05.